The molecule has 0 bridgehead atoms. The smallest absolute Gasteiger partial charge is 0.338 e. The molecule has 9 nitrogen and oxygen atoms in total. The molecule has 182 valence electrons. The summed E-state index contributed by atoms with van der Waals surface area (Å²) in [5.41, 5.74) is 1.42. The van der Waals surface area contributed by atoms with Crippen LogP contribution in [0.4, 0.5) is 11.4 Å². The van der Waals surface area contributed by atoms with Gasteiger partial charge in [0.25, 0.3) is 5.91 Å². The van der Waals surface area contributed by atoms with E-state index in [1.54, 1.807) is 48.5 Å². The molecule has 2 amide bonds. The van der Waals surface area contributed by atoms with Crippen molar-refractivity contribution in [1.82, 2.24) is 0 Å². The van der Waals surface area contributed by atoms with Gasteiger partial charge in [0.2, 0.25) is 5.91 Å². The first-order valence-electron chi connectivity index (χ1n) is 11.1. The van der Waals surface area contributed by atoms with Crippen molar-refractivity contribution >= 4 is 35.1 Å². The first kappa shape index (κ1) is 26.4. The summed E-state index contributed by atoms with van der Waals surface area (Å²) in [5, 5.41) is 5.31. The van der Waals surface area contributed by atoms with Crippen LogP contribution in [0.25, 0.3) is 0 Å². The number of hydrogen-bond donors (Lipinski definition) is 2. The Morgan fingerprint density at radius 3 is 2.26 bits per heavy atom. The van der Waals surface area contributed by atoms with Crippen LogP contribution in [0.15, 0.2) is 48.5 Å². The molecule has 0 atom stereocenters. The van der Waals surface area contributed by atoms with E-state index >= 15 is 0 Å². The first-order chi connectivity index (χ1) is 16.4. The minimum absolute atomic E-state index is 0.00209. The minimum atomic E-state index is -0.575. The molecule has 0 heterocycles. The maximum Gasteiger partial charge on any atom is 0.338 e. The van der Waals surface area contributed by atoms with Crippen molar-refractivity contribution in [3.63, 3.8) is 0 Å². The Kier molecular flexibility index (Phi) is 11.1. The summed E-state index contributed by atoms with van der Waals surface area (Å²) in [6.07, 6.45) is 2.11. The summed E-state index contributed by atoms with van der Waals surface area (Å²) in [5.74, 6) is -1.25. The van der Waals surface area contributed by atoms with Gasteiger partial charge in [-0.3, -0.25) is 14.4 Å². The lowest BCUT2D eigenvalue weighted by molar-refractivity contribution is -0.147. The Hall–Kier alpha value is -3.88. The fourth-order valence-corrected chi connectivity index (χ4v) is 2.85. The number of ether oxygens (including phenoxy) is 3. The van der Waals surface area contributed by atoms with Gasteiger partial charge >= 0.3 is 11.9 Å². The number of benzene rings is 2. The van der Waals surface area contributed by atoms with E-state index in [1.807, 2.05) is 6.92 Å². The third kappa shape index (κ3) is 9.32. The van der Waals surface area contributed by atoms with Crippen LogP contribution in [0.5, 0.6) is 5.75 Å². The van der Waals surface area contributed by atoms with Gasteiger partial charge in [-0.2, -0.15) is 0 Å². The molecule has 2 aromatic rings. The van der Waals surface area contributed by atoms with Crippen molar-refractivity contribution < 1.29 is 33.4 Å². The highest BCUT2D eigenvalue weighted by atomic mass is 16.5. The SMILES string of the molecule is CCCCOC(=O)c1ccc(NC(=O)CCCC(=O)OCC(=O)Nc2ccccc2OC)cc1. The largest absolute Gasteiger partial charge is 0.495 e. The van der Waals surface area contributed by atoms with Crippen LogP contribution in [-0.2, 0) is 23.9 Å². The Balaban J connectivity index is 1.65. The molecule has 2 rings (SSSR count). The Morgan fingerprint density at radius 1 is 0.824 bits per heavy atom. The molecule has 0 fully saturated rings. The van der Waals surface area contributed by atoms with Gasteiger partial charge in [-0.1, -0.05) is 25.5 Å². The van der Waals surface area contributed by atoms with Gasteiger partial charge in [0.05, 0.1) is 25.0 Å². The van der Waals surface area contributed by atoms with Crippen molar-refractivity contribution in [2.45, 2.75) is 39.0 Å². The Morgan fingerprint density at radius 2 is 1.56 bits per heavy atom. The van der Waals surface area contributed by atoms with Crippen molar-refractivity contribution in [2.75, 3.05) is 31.0 Å². The van der Waals surface area contributed by atoms with Crippen LogP contribution in [0.2, 0.25) is 0 Å². The third-order valence-corrected chi connectivity index (χ3v) is 4.67. The number of methoxy groups -OCH3 is 1. The average molecular weight is 471 g/mol. The van der Waals surface area contributed by atoms with E-state index in [2.05, 4.69) is 10.6 Å². The van der Waals surface area contributed by atoms with Gasteiger partial charge in [0, 0.05) is 18.5 Å². The third-order valence-electron chi connectivity index (χ3n) is 4.67. The lowest BCUT2D eigenvalue weighted by atomic mass is 10.2. The number of nitrogens with one attached hydrogen (secondary N) is 2. The highest BCUT2D eigenvalue weighted by molar-refractivity contribution is 5.94. The molecular formula is C25H30N2O7. The number of rotatable bonds is 13. The highest BCUT2D eigenvalue weighted by Gasteiger charge is 2.12. The van der Waals surface area contributed by atoms with Gasteiger partial charge in [-0.15, -0.1) is 0 Å². The molecule has 0 spiro atoms. The van der Waals surface area contributed by atoms with E-state index in [0.717, 1.165) is 12.8 Å². The second-order valence-corrected chi connectivity index (χ2v) is 7.38. The minimum Gasteiger partial charge on any atom is -0.495 e. The fourth-order valence-electron chi connectivity index (χ4n) is 2.85. The summed E-state index contributed by atoms with van der Waals surface area (Å²) in [6, 6.07) is 13.3. The van der Waals surface area contributed by atoms with E-state index in [9.17, 15) is 19.2 Å². The molecule has 0 aliphatic carbocycles. The molecular weight excluding hydrogens is 440 g/mol. The highest BCUT2D eigenvalue weighted by Crippen LogP contribution is 2.22. The topological polar surface area (TPSA) is 120 Å². The van der Waals surface area contributed by atoms with Crippen LogP contribution >= 0.6 is 0 Å². The molecule has 34 heavy (non-hydrogen) atoms. The van der Waals surface area contributed by atoms with Gasteiger partial charge in [-0.25, -0.2) is 4.79 Å². The lowest BCUT2D eigenvalue weighted by Crippen LogP contribution is -2.21. The molecule has 0 saturated heterocycles. The molecule has 0 unspecified atom stereocenters. The second-order valence-electron chi connectivity index (χ2n) is 7.38. The predicted octanol–water partition coefficient (Wildman–Crippen LogP) is 3.94. The molecule has 0 aliphatic rings. The average Bonchev–Trinajstić information content (AvgIpc) is 2.83. The summed E-state index contributed by atoms with van der Waals surface area (Å²) in [4.78, 5) is 47.8. The predicted molar refractivity (Wildman–Crippen MR) is 127 cm³/mol. The number of amides is 2. The van der Waals surface area contributed by atoms with E-state index in [-0.39, 0.29) is 25.2 Å². The number of carbonyl (C=O) groups is 4. The van der Waals surface area contributed by atoms with Crippen LogP contribution in [0.3, 0.4) is 0 Å². The van der Waals surface area contributed by atoms with Gasteiger partial charge in [0.1, 0.15) is 5.75 Å². The zero-order valence-corrected chi connectivity index (χ0v) is 19.4. The zero-order valence-electron chi connectivity index (χ0n) is 19.4. The molecule has 0 aromatic heterocycles. The zero-order chi connectivity index (χ0) is 24.8. The van der Waals surface area contributed by atoms with Crippen LogP contribution < -0.4 is 15.4 Å². The summed E-state index contributed by atoms with van der Waals surface area (Å²) in [6.45, 7) is 1.96. The maximum atomic E-state index is 12.1. The molecule has 2 N–H and O–H groups in total. The summed E-state index contributed by atoms with van der Waals surface area (Å²) < 4.78 is 15.2. The standard InChI is InChI=1S/C25H30N2O7/c1-3-4-16-33-25(31)18-12-14-19(15-13-18)26-22(28)10-7-11-24(30)34-17-23(29)27-20-8-5-6-9-21(20)32-2/h5-6,8-9,12-15H,3-4,7,10-11,16-17H2,1-2H3,(H,26,28)(H,27,29). The van der Waals surface area contributed by atoms with Crippen molar-refractivity contribution in [1.29, 1.82) is 0 Å². The van der Waals surface area contributed by atoms with Crippen LogP contribution in [0, 0.1) is 0 Å². The first-order valence-corrected chi connectivity index (χ1v) is 11.1. The van der Waals surface area contributed by atoms with E-state index in [4.69, 9.17) is 14.2 Å². The van der Waals surface area contributed by atoms with Crippen molar-refractivity contribution in [3.05, 3.63) is 54.1 Å². The molecule has 2 aromatic carbocycles. The van der Waals surface area contributed by atoms with Crippen molar-refractivity contribution in [2.24, 2.45) is 0 Å². The van der Waals surface area contributed by atoms with Crippen LogP contribution in [-0.4, -0.2) is 44.1 Å². The number of esters is 2. The monoisotopic (exact) mass is 470 g/mol. The summed E-state index contributed by atoms with van der Waals surface area (Å²) >= 11 is 0. The molecule has 9 heteroatoms. The molecule has 0 aliphatic heterocycles. The van der Waals surface area contributed by atoms with E-state index in [0.29, 0.717) is 29.3 Å². The fraction of sp³-hybridized carbons (Fsp3) is 0.360. The quantitative estimate of drug-likeness (QED) is 0.336. The van der Waals surface area contributed by atoms with Crippen LogP contribution in [0.1, 0.15) is 49.4 Å². The van der Waals surface area contributed by atoms with E-state index in [1.165, 1.54) is 7.11 Å². The van der Waals surface area contributed by atoms with Gasteiger partial charge in [0.15, 0.2) is 6.61 Å². The molecule has 0 radical (unpaired) electrons. The van der Waals surface area contributed by atoms with Gasteiger partial charge in [-0.05, 0) is 49.2 Å². The summed E-state index contributed by atoms with van der Waals surface area (Å²) in [7, 11) is 1.49. The Bertz CT molecular complexity index is 973. The number of para-hydroxylation sites is 2. The lowest BCUT2D eigenvalue weighted by Gasteiger charge is -2.10. The number of anilines is 2. The van der Waals surface area contributed by atoms with Gasteiger partial charge < -0.3 is 24.8 Å². The second kappa shape index (κ2) is 14.3. The number of hydrogen-bond acceptors (Lipinski definition) is 7. The maximum absolute atomic E-state index is 12.1. The number of unbranched alkanes of at least 4 members (excludes halogenated alkanes) is 1. The Labute approximate surface area is 198 Å². The normalized spacial score (nSPS) is 10.2. The van der Waals surface area contributed by atoms with E-state index < -0.39 is 24.5 Å². The van der Waals surface area contributed by atoms with Crippen molar-refractivity contribution in [3.8, 4) is 5.75 Å². The molecule has 0 saturated carbocycles. The number of carbonyl (C=O) groups excluding carboxylic acids is 4.